The summed E-state index contributed by atoms with van der Waals surface area (Å²) >= 11 is 12.0. The molecule has 1 saturated heterocycles. The van der Waals surface area contributed by atoms with E-state index in [0.29, 0.717) is 40.4 Å². The van der Waals surface area contributed by atoms with Crippen molar-refractivity contribution in [3.8, 4) is 0 Å². The zero-order valence-electron chi connectivity index (χ0n) is 14.2. The van der Waals surface area contributed by atoms with Crippen molar-refractivity contribution in [1.82, 2.24) is 19.9 Å². The van der Waals surface area contributed by atoms with E-state index < -0.39 is 0 Å². The lowest BCUT2D eigenvalue weighted by molar-refractivity contribution is 0.0552. The summed E-state index contributed by atoms with van der Waals surface area (Å²) in [5.74, 6) is 1.27. The van der Waals surface area contributed by atoms with Crippen LogP contribution in [0.4, 0.5) is 0 Å². The Morgan fingerprint density at radius 3 is 2.60 bits per heavy atom. The zero-order valence-corrected chi connectivity index (χ0v) is 15.7. The van der Waals surface area contributed by atoms with E-state index in [-0.39, 0.29) is 11.9 Å². The van der Waals surface area contributed by atoms with Gasteiger partial charge in [-0.1, -0.05) is 35.3 Å². The molecule has 1 aliphatic rings. The fraction of sp³-hybridized carbons (Fsp3) is 0.471. The van der Waals surface area contributed by atoms with Crippen LogP contribution < -0.4 is 0 Å². The number of rotatable bonds is 4. The Kier molecular flexibility index (Phi) is 5.61. The first-order valence-corrected chi connectivity index (χ1v) is 9.06. The van der Waals surface area contributed by atoms with Gasteiger partial charge in [-0.25, -0.2) is 0 Å². The van der Waals surface area contributed by atoms with Crippen LogP contribution >= 0.6 is 23.2 Å². The number of carbonyl (C=O) groups is 1. The van der Waals surface area contributed by atoms with Crippen molar-refractivity contribution in [2.75, 3.05) is 26.2 Å². The molecule has 0 saturated carbocycles. The highest BCUT2D eigenvalue weighted by atomic mass is 35.5. The van der Waals surface area contributed by atoms with Crippen LogP contribution in [0.15, 0.2) is 22.7 Å². The van der Waals surface area contributed by atoms with Gasteiger partial charge in [0.1, 0.15) is 0 Å². The van der Waals surface area contributed by atoms with Crippen LogP contribution in [0, 0.1) is 0 Å². The second-order valence-electron chi connectivity index (χ2n) is 6.03. The first-order chi connectivity index (χ1) is 12.0. The Morgan fingerprint density at radius 1 is 1.28 bits per heavy atom. The molecule has 2 heterocycles. The molecule has 0 radical (unpaired) electrons. The lowest BCUT2D eigenvalue weighted by Gasteiger charge is -2.36. The van der Waals surface area contributed by atoms with Crippen molar-refractivity contribution < 1.29 is 9.32 Å². The van der Waals surface area contributed by atoms with Gasteiger partial charge >= 0.3 is 0 Å². The van der Waals surface area contributed by atoms with Crippen molar-refractivity contribution in [3.63, 3.8) is 0 Å². The van der Waals surface area contributed by atoms with Crippen LogP contribution in [0.1, 0.15) is 42.0 Å². The number of carbonyl (C=O) groups excluding carboxylic acids is 1. The molecule has 0 bridgehead atoms. The maximum Gasteiger partial charge on any atom is 0.255 e. The smallest absolute Gasteiger partial charge is 0.255 e. The molecule has 1 amide bonds. The third-order valence-corrected chi connectivity index (χ3v) is 5.02. The molecule has 0 aliphatic carbocycles. The number of benzene rings is 1. The fourth-order valence-electron chi connectivity index (χ4n) is 2.88. The Hall–Kier alpha value is -1.63. The minimum absolute atomic E-state index is 0.0316. The molecule has 134 valence electrons. The molecule has 2 aromatic rings. The lowest BCUT2D eigenvalue weighted by atomic mass is 10.1. The molecule has 0 N–H and O–H groups in total. The molecular weight excluding hydrogens is 363 g/mol. The van der Waals surface area contributed by atoms with Gasteiger partial charge < -0.3 is 9.42 Å². The predicted molar refractivity (Wildman–Crippen MR) is 96.0 cm³/mol. The van der Waals surface area contributed by atoms with E-state index in [1.807, 2.05) is 18.7 Å². The third-order valence-electron chi connectivity index (χ3n) is 4.47. The van der Waals surface area contributed by atoms with Gasteiger partial charge in [0.05, 0.1) is 16.6 Å². The van der Waals surface area contributed by atoms with Crippen molar-refractivity contribution in [3.05, 3.63) is 45.5 Å². The first-order valence-electron chi connectivity index (χ1n) is 8.30. The van der Waals surface area contributed by atoms with E-state index in [0.717, 1.165) is 19.5 Å². The molecule has 8 heteroatoms. The van der Waals surface area contributed by atoms with Crippen molar-refractivity contribution >= 4 is 29.1 Å². The van der Waals surface area contributed by atoms with Gasteiger partial charge in [-0.3, -0.25) is 9.69 Å². The van der Waals surface area contributed by atoms with E-state index in [1.165, 1.54) is 0 Å². The second kappa shape index (κ2) is 7.72. The molecule has 3 rings (SSSR count). The number of aryl methyl sites for hydroxylation is 1. The van der Waals surface area contributed by atoms with Crippen molar-refractivity contribution in [2.24, 2.45) is 0 Å². The molecule has 25 heavy (non-hydrogen) atoms. The van der Waals surface area contributed by atoms with Gasteiger partial charge in [0.15, 0.2) is 5.82 Å². The fourth-order valence-corrected chi connectivity index (χ4v) is 3.37. The molecule has 1 atom stereocenters. The van der Waals surface area contributed by atoms with Gasteiger partial charge in [-0.2, -0.15) is 4.98 Å². The standard InChI is InChI=1S/C17H20Cl2N4O2/c1-3-15-20-16(25-21-15)11(2)22-6-8-23(9-7-22)17(24)13-5-4-12(18)10-14(13)19/h4-5,10-11H,3,6-9H2,1-2H3. The largest absolute Gasteiger partial charge is 0.338 e. The quantitative estimate of drug-likeness (QED) is 0.809. The molecule has 6 nitrogen and oxygen atoms in total. The van der Waals surface area contributed by atoms with Crippen molar-refractivity contribution in [1.29, 1.82) is 0 Å². The van der Waals surface area contributed by atoms with E-state index in [1.54, 1.807) is 18.2 Å². The number of halogens is 2. The predicted octanol–water partition coefficient (Wildman–Crippen LogP) is 3.46. The Labute approximate surface area is 156 Å². The maximum atomic E-state index is 12.7. The number of hydrogen-bond acceptors (Lipinski definition) is 5. The van der Waals surface area contributed by atoms with Gasteiger partial charge in [-0.05, 0) is 25.1 Å². The van der Waals surface area contributed by atoms with E-state index in [9.17, 15) is 4.79 Å². The summed E-state index contributed by atoms with van der Waals surface area (Å²) in [5, 5.41) is 4.85. The van der Waals surface area contributed by atoms with Gasteiger partial charge in [0.2, 0.25) is 5.89 Å². The number of nitrogens with zero attached hydrogens (tertiary/aromatic N) is 4. The molecule has 1 aromatic carbocycles. The summed E-state index contributed by atoms with van der Waals surface area (Å²) in [4.78, 5) is 21.1. The van der Waals surface area contributed by atoms with E-state index in [4.69, 9.17) is 27.7 Å². The van der Waals surface area contributed by atoms with Crippen LogP contribution in [-0.4, -0.2) is 52.0 Å². The van der Waals surface area contributed by atoms with Crippen LogP contribution in [-0.2, 0) is 6.42 Å². The molecule has 1 unspecified atom stereocenters. The zero-order chi connectivity index (χ0) is 18.0. The van der Waals surface area contributed by atoms with E-state index in [2.05, 4.69) is 15.0 Å². The van der Waals surface area contributed by atoms with Crippen LogP contribution in [0.25, 0.3) is 0 Å². The molecular formula is C17H20Cl2N4O2. The number of aromatic nitrogens is 2. The minimum atomic E-state index is -0.0694. The Bertz CT molecular complexity index is 757. The summed E-state index contributed by atoms with van der Waals surface area (Å²) in [6.07, 6.45) is 0.750. The Morgan fingerprint density at radius 2 is 2.00 bits per heavy atom. The summed E-state index contributed by atoms with van der Waals surface area (Å²) < 4.78 is 5.33. The first kappa shape index (κ1) is 18.2. The highest BCUT2D eigenvalue weighted by Gasteiger charge is 2.28. The summed E-state index contributed by atoms with van der Waals surface area (Å²) in [6, 6.07) is 4.98. The molecule has 1 fully saturated rings. The van der Waals surface area contributed by atoms with Crippen LogP contribution in [0.2, 0.25) is 10.0 Å². The Balaban J connectivity index is 1.62. The summed E-state index contributed by atoms with van der Waals surface area (Å²) in [7, 11) is 0. The van der Waals surface area contributed by atoms with E-state index >= 15 is 0 Å². The number of amides is 1. The highest BCUT2D eigenvalue weighted by Crippen LogP contribution is 2.24. The summed E-state index contributed by atoms with van der Waals surface area (Å²) in [5.41, 5.74) is 0.483. The number of piperazine rings is 1. The number of hydrogen-bond donors (Lipinski definition) is 0. The molecule has 0 spiro atoms. The van der Waals surface area contributed by atoms with Gasteiger partial charge in [0, 0.05) is 37.6 Å². The SMILES string of the molecule is CCc1noc(C(C)N2CCN(C(=O)c3ccc(Cl)cc3Cl)CC2)n1. The summed E-state index contributed by atoms with van der Waals surface area (Å²) in [6.45, 7) is 6.75. The topological polar surface area (TPSA) is 62.5 Å². The maximum absolute atomic E-state index is 12.7. The average molecular weight is 383 g/mol. The third kappa shape index (κ3) is 3.97. The molecule has 1 aliphatic heterocycles. The normalized spacial score (nSPS) is 16.9. The van der Waals surface area contributed by atoms with Gasteiger partial charge in [-0.15, -0.1) is 0 Å². The average Bonchev–Trinajstić information content (AvgIpc) is 3.10. The lowest BCUT2D eigenvalue weighted by Crippen LogP contribution is -2.49. The van der Waals surface area contributed by atoms with Gasteiger partial charge in [0.25, 0.3) is 5.91 Å². The van der Waals surface area contributed by atoms with Crippen LogP contribution in [0.5, 0.6) is 0 Å². The van der Waals surface area contributed by atoms with Crippen LogP contribution in [0.3, 0.4) is 0 Å². The highest BCUT2D eigenvalue weighted by molar-refractivity contribution is 6.36. The monoisotopic (exact) mass is 382 g/mol. The second-order valence-corrected chi connectivity index (χ2v) is 6.87. The minimum Gasteiger partial charge on any atom is -0.338 e. The molecule has 1 aromatic heterocycles. The van der Waals surface area contributed by atoms with Crippen molar-refractivity contribution in [2.45, 2.75) is 26.3 Å².